The van der Waals surface area contributed by atoms with Crippen LogP contribution in [0.25, 0.3) is 0 Å². The second-order valence-electron chi connectivity index (χ2n) is 5.33. The molecule has 1 unspecified atom stereocenters. The Morgan fingerprint density at radius 3 is 2.58 bits per heavy atom. The van der Waals surface area contributed by atoms with Crippen molar-refractivity contribution in [1.82, 2.24) is 4.98 Å². The van der Waals surface area contributed by atoms with E-state index < -0.39 is 0 Å². The first-order valence-electron chi connectivity index (χ1n) is 7.10. The second kappa shape index (κ2) is 5.85. The summed E-state index contributed by atoms with van der Waals surface area (Å²) in [6.07, 6.45) is 6.68. The Kier molecular flexibility index (Phi) is 3.95. The molecule has 1 aliphatic rings. The summed E-state index contributed by atoms with van der Waals surface area (Å²) < 4.78 is 0. The first kappa shape index (κ1) is 12.8. The molecular formula is C16H20N2S. The van der Waals surface area contributed by atoms with Crippen LogP contribution in [0.5, 0.6) is 0 Å². The number of thiazole rings is 1. The van der Waals surface area contributed by atoms with Crippen molar-refractivity contribution in [3.63, 3.8) is 0 Å². The smallest absolute Gasteiger partial charge is 0.114 e. The van der Waals surface area contributed by atoms with Gasteiger partial charge in [-0.15, -0.1) is 11.3 Å². The average molecular weight is 272 g/mol. The van der Waals surface area contributed by atoms with Gasteiger partial charge in [0.25, 0.3) is 0 Å². The number of nitrogens with zero attached hydrogens (tertiary/aromatic N) is 1. The van der Waals surface area contributed by atoms with Crippen molar-refractivity contribution in [2.24, 2.45) is 5.73 Å². The third-order valence-corrected chi connectivity index (χ3v) is 4.93. The molecule has 0 spiro atoms. The third-order valence-electron chi connectivity index (χ3n) is 3.99. The molecule has 1 aliphatic carbocycles. The van der Waals surface area contributed by atoms with Gasteiger partial charge in [-0.05, 0) is 18.4 Å². The van der Waals surface area contributed by atoms with Gasteiger partial charge in [0.15, 0.2) is 0 Å². The molecule has 100 valence electrons. The fourth-order valence-corrected chi connectivity index (χ4v) is 3.76. The van der Waals surface area contributed by atoms with E-state index in [1.54, 1.807) is 11.3 Å². The molecule has 0 amide bonds. The number of aromatic nitrogens is 1. The SMILES string of the molecule is NC(c1ccccc1)c1nc(C2CCCCC2)cs1. The van der Waals surface area contributed by atoms with Crippen LogP contribution in [0, 0.1) is 0 Å². The normalized spacial score (nSPS) is 18.4. The molecule has 0 radical (unpaired) electrons. The van der Waals surface area contributed by atoms with Gasteiger partial charge in [-0.2, -0.15) is 0 Å². The largest absolute Gasteiger partial charge is 0.318 e. The van der Waals surface area contributed by atoms with Crippen molar-refractivity contribution >= 4 is 11.3 Å². The number of rotatable bonds is 3. The van der Waals surface area contributed by atoms with Gasteiger partial charge in [-0.3, -0.25) is 0 Å². The van der Waals surface area contributed by atoms with Gasteiger partial charge in [0.05, 0.1) is 11.7 Å². The maximum atomic E-state index is 6.31. The van der Waals surface area contributed by atoms with E-state index in [0.29, 0.717) is 5.92 Å². The van der Waals surface area contributed by atoms with E-state index >= 15 is 0 Å². The molecule has 1 fully saturated rings. The summed E-state index contributed by atoms with van der Waals surface area (Å²) in [6, 6.07) is 10.2. The molecule has 1 aromatic carbocycles. The minimum Gasteiger partial charge on any atom is -0.318 e. The van der Waals surface area contributed by atoms with Crippen molar-refractivity contribution in [1.29, 1.82) is 0 Å². The van der Waals surface area contributed by atoms with Crippen LogP contribution < -0.4 is 5.73 Å². The van der Waals surface area contributed by atoms with Crippen LogP contribution in [0.1, 0.15) is 60.3 Å². The van der Waals surface area contributed by atoms with Crippen LogP contribution in [0.2, 0.25) is 0 Å². The third kappa shape index (κ3) is 2.88. The number of hydrogen-bond donors (Lipinski definition) is 1. The van der Waals surface area contributed by atoms with Gasteiger partial charge in [-0.25, -0.2) is 4.98 Å². The highest BCUT2D eigenvalue weighted by atomic mass is 32.1. The monoisotopic (exact) mass is 272 g/mol. The maximum Gasteiger partial charge on any atom is 0.114 e. The van der Waals surface area contributed by atoms with Crippen molar-refractivity contribution in [3.05, 3.63) is 52.0 Å². The Morgan fingerprint density at radius 2 is 1.84 bits per heavy atom. The quantitative estimate of drug-likeness (QED) is 0.907. The predicted octanol–water partition coefficient (Wildman–Crippen LogP) is 4.24. The Labute approximate surface area is 118 Å². The Morgan fingerprint density at radius 1 is 1.11 bits per heavy atom. The molecule has 2 nitrogen and oxygen atoms in total. The molecule has 2 N–H and O–H groups in total. The fraction of sp³-hybridized carbons (Fsp3) is 0.438. The molecule has 0 bridgehead atoms. The molecule has 0 aliphatic heterocycles. The number of hydrogen-bond acceptors (Lipinski definition) is 3. The van der Waals surface area contributed by atoms with Gasteiger partial charge in [-0.1, -0.05) is 49.6 Å². The van der Waals surface area contributed by atoms with Crippen LogP contribution in [0.15, 0.2) is 35.7 Å². The van der Waals surface area contributed by atoms with Gasteiger partial charge in [0.1, 0.15) is 5.01 Å². The Bertz CT molecular complexity index is 515. The molecule has 19 heavy (non-hydrogen) atoms. The van der Waals surface area contributed by atoms with Crippen LogP contribution in [0.4, 0.5) is 0 Å². The molecule has 2 aromatic rings. The highest BCUT2D eigenvalue weighted by Crippen LogP contribution is 2.34. The zero-order valence-corrected chi connectivity index (χ0v) is 11.9. The lowest BCUT2D eigenvalue weighted by atomic mass is 9.87. The lowest BCUT2D eigenvalue weighted by molar-refractivity contribution is 0.437. The lowest BCUT2D eigenvalue weighted by Gasteiger charge is -2.19. The molecular weight excluding hydrogens is 252 g/mol. The Hall–Kier alpha value is -1.19. The summed E-state index contributed by atoms with van der Waals surface area (Å²) in [4.78, 5) is 4.80. The molecule has 1 heterocycles. The van der Waals surface area contributed by atoms with Gasteiger partial charge in [0.2, 0.25) is 0 Å². The predicted molar refractivity (Wildman–Crippen MR) is 80.4 cm³/mol. The average Bonchev–Trinajstić information content (AvgIpc) is 2.98. The topological polar surface area (TPSA) is 38.9 Å². The zero-order valence-electron chi connectivity index (χ0n) is 11.1. The minimum atomic E-state index is -0.0801. The van der Waals surface area contributed by atoms with Crippen LogP contribution in [-0.2, 0) is 0 Å². The van der Waals surface area contributed by atoms with Crippen molar-refractivity contribution in [2.75, 3.05) is 0 Å². The van der Waals surface area contributed by atoms with Gasteiger partial charge in [0, 0.05) is 11.3 Å². The van der Waals surface area contributed by atoms with Gasteiger partial charge >= 0.3 is 0 Å². The van der Waals surface area contributed by atoms with Crippen molar-refractivity contribution in [3.8, 4) is 0 Å². The molecule has 1 saturated carbocycles. The maximum absolute atomic E-state index is 6.31. The number of benzene rings is 1. The summed E-state index contributed by atoms with van der Waals surface area (Å²) >= 11 is 1.71. The summed E-state index contributed by atoms with van der Waals surface area (Å²) in [7, 11) is 0. The van der Waals surface area contributed by atoms with E-state index in [4.69, 9.17) is 10.7 Å². The van der Waals surface area contributed by atoms with E-state index in [1.165, 1.54) is 37.8 Å². The minimum absolute atomic E-state index is 0.0801. The molecule has 1 aromatic heterocycles. The molecule has 3 rings (SSSR count). The van der Waals surface area contributed by atoms with Crippen LogP contribution in [0.3, 0.4) is 0 Å². The zero-order chi connectivity index (χ0) is 13.1. The van der Waals surface area contributed by atoms with Gasteiger partial charge < -0.3 is 5.73 Å². The number of nitrogens with two attached hydrogens (primary N) is 1. The van der Waals surface area contributed by atoms with E-state index in [0.717, 1.165) is 10.6 Å². The highest BCUT2D eigenvalue weighted by molar-refractivity contribution is 7.09. The van der Waals surface area contributed by atoms with E-state index in [2.05, 4.69) is 17.5 Å². The van der Waals surface area contributed by atoms with E-state index in [-0.39, 0.29) is 6.04 Å². The van der Waals surface area contributed by atoms with E-state index in [9.17, 15) is 0 Å². The van der Waals surface area contributed by atoms with Crippen LogP contribution >= 0.6 is 11.3 Å². The summed E-state index contributed by atoms with van der Waals surface area (Å²) in [6.45, 7) is 0. The standard InChI is InChI=1S/C16H20N2S/c17-15(13-9-5-2-6-10-13)16-18-14(11-19-16)12-7-3-1-4-8-12/h2,5-6,9-12,15H,1,3-4,7-8,17H2. The Balaban J connectivity index is 1.77. The van der Waals surface area contributed by atoms with Crippen molar-refractivity contribution in [2.45, 2.75) is 44.1 Å². The summed E-state index contributed by atoms with van der Waals surface area (Å²) in [5, 5.41) is 3.26. The molecule has 3 heteroatoms. The first-order valence-corrected chi connectivity index (χ1v) is 7.98. The van der Waals surface area contributed by atoms with E-state index in [1.807, 2.05) is 18.2 Å². The second-order valence-corrected chi connectivity index (χ2v) is 6.22. The van der Waals surface area contributed by atoms with Crippen molar-refractivity contribution < 1.29 is 0 Å². The van der Waals surface area contributed by atoms with Crippen LogP contribution in [-0.4, -0.2) is 4.98 Å². The molecule has 0 saturated heterocycles. The summed E-state index contributed by atoms with van der Waals surface area (Å²) in [5.74, 6) is 0.668. The first-order chi connectivity index (χ1) is 9.34. The highest BCUT2D eigenvalue weighted by Gasteiger charge is 2.20. The fourth-order valence-electron chi connectivity index (χ4n) is 2.83. The summed E-state index contributed by atoms with van der Waals surface area (Å²) in [5.41, 5.74) is 8.72. The lowest BCUT2D eigenvalue weighted by Crippen LogP contribution is -2.12. The molecule has 1 atom stereocenters.